The lowest BCUT2D eigenvalue weighted by Gasteiger charge is -2.21. The first-order valence-corrected chi connectivity index (χ1v) is 39.5. The molecule has 2 unspecified atom stereocenters. The lowest BCUT2D eigenvalue weighted by atomic mass is 10.0. The quantitative estimate of drug-likeness (QED) is 0.0222. The highest BCUT2D eigenvalue weighted by Gasteiger charge is 2.30. The minimum atomic E-state index is -4.95. The number of carbonyl (C=O) groups is 4. The molecule has 0 aliphatic heterocycles. The summed E-state index contributed by atoms with van der Waals surface area (Å²) in [5.41, 5.74) is 0. The van der Waals surface area contributed by atoms with E-state index in [9.17, 15) is 43.2 Å². The molecular formula is C70H136O17P2. The number of ether oxygens (including phenoxy) is 4. The number of esters is 4. The van der Waals surface area contributed by atoms with E-state index in [1.165, 1.54) is 167 Å². The third kappa shape index (κ3) is 64.6. The van der Waals surface area contributed by atoms with Gasteiger partial charge in [-0.2, -0.15) is 0 Å². The predicted molar refractivity (Wildman–Crippen MR) is 358 cm³/mol. The molecule has 89 heavy (non-hydrogen) atoms. The Morgan fingerprint density at radius 3 is 0.764 bits per heavy atom. The first kappa shape index (κ1) is 87.1. The topological polar surface area (TPSA) is 237 Å². The van der Waals surface area contributed by atoms with Gasteiger partial charge in [0.05, 0.1) is 26.4 Å². The average molecular weight is 1310 g/mol. The van der Waals surface area contributed by atoms with E-state index < -0.39 is 97.5 Å². The molecule has 0 aliphatic carbocycles. The van der Waals surface area contributed by atoms with E-state index in [4.69, 9.17) is 37.0 Å². The predicted octanol–water partition coefficient (Wildman–Crippen LogP) is 20.0. The van der Waals surface area contributed by atoms with Gasteiger partial charge in [-0.25, -0.2) is 9.13 Å². The largest absolute Gasteiger partial charge is 0.472 e. The second-order valence-electron chi connectivity index (χ2n) is 26.2. The van der Waals surface area contributed by atoms with E-state index in [1.807, 2.05) is 0 Å². The van der Waals surface area contributed by atoms with Crippen molar-refractivity contribution in [3.05, 3.63) is 0 Å². The van der Waals surface area contributed by atoms with Gasteiger partial charge < -0.3 is 33.8 Å². The number of hydrogen-bond acceptors (Lipinski definition) is 15. The van der Waals surface area contributed by atoms with Crippen LogP contribution in [0.15, 0.2) is 0 Å². The van der Waals surface area contributed by atoms with Gasteiger partial charge in [0.15, 0.2) is 12.2 Å². The van der Waals surface area contributed by atoms with Gasteiger partial charge in [0.2, 0.25) is 0 Å². The monoisotopic (exact) mass is 1310 g/mol. The highest BCUT2D eigenvalue weighted by atomic mass is 31.2. The number of aliphatic hydroxyl groups is 1. The van der Waals surface area contributed by atoms with Crippen LogP contribution in [0.2, 0.25) is 0 Å². The fourth-order valence-corrected chi connectivity index (χ4v) is 12.2. The average Bonchev–Trinajstić information content (AvgIpc) is 3.53. The van der Waals surface area contributed by atoms with E-state index in [0.29, 0.717) is 37.5 Å². The molecule has 0 bridgehead atoms. The number of rotatable bonds is 69. The Hall–Kier alpha value is -1.94. The fourth-order valence-electron chi connectivity index (χ4n) is 10.6. The van der Waals surface area contributed by atoms with Gasteiger partial charge >= 0.3 is 39.5 Å². The van der Waals surface area contributed by atoms with Crippen molar-refractivity contribution in [1.82, 2.24) is 0 Å². The van der Waals surface area contributed by atoms with Crippen LogP contribution in [0.5, 0.6) is 0 Å². The summed E-state index contributed by atoms with van der Waals surface area (Å²) in [6, 6.07) is 0. The zero-order chi connectivity index (χ0) is 65.7. The van der Waals surface area contributed by atoms with Crippen molar-refractivity contribution in [1.29, 1.82) is 0 Å². The summed E-state index contributed by atoms with van der Waals surface area (Å²) >= 11 is 0. The molecule has 0 spiro atoms. The van der Waals surface area contributed by atoms with Crippen molar-refractivity contribution in [3.63, 3.8) is 0 Å². The normalized spacial score (nSPS) is 14.1. The highest BCUT2D eigenvalue weighted by Crippen LogP contribution is 2.45. The Labute approximate surface area is 543 Å². The lowest BCUT2D eigenvalue weighted by Crippen LogP contribution is -2.30. The molecule has 19 heteroatoms. The standard InChI is InChI=1S/C70H136O17P2/c1-7-9-11-13-15-17-18-19-20-21-22-23-24-25-26-27-29-35-42-48-54-69(74)86-65(59-81-68(73)53-47-41-36-30-32-38-44-50-62(3)4)60-84-88(76,77)82-56-64(71)57-83-89(78,79)85-61-66(58-80-67(72)52-46-40-34-28-16-14-12-10-8-2)87-70(75)55-49-43-37-31-33-39-45-51-63(5)6/h62-66,71H,7-61H2,1-6H3,(H,76,77)(H,78,79)/t64-,65-,66-/m1/s1. The van der Waals surface area contributed by atoms with Gasteiger partial charge in [-0.3, -0.25) is 37.3 Å². The highest BCUT2D eigenvalue weighted by molar-refractivity contribution is 7.47. The van der Waals surface area contributed by atoms with Crippen molar-refractivity contribution < 1.29 is 80.2 Å². The molecule has 5 atom stereocenters. The number of phosphoric acid groups is 2. The molecule has 0 saturated carbocycles. The minimum absolute atomic E-state index is 0.103. The summed E-state index contributed by atoms with van der Waals surface area (Å²) in [7, 11) is -9.89. The lowest BCUT2D eigenvalue weighted by molar-refractivity contribution is -0.161. The number of carbonyl (C=O) groups excluding carboxylic acids is 4. The maximum absolute atomic E-state index is 13.0. The zero-order valence-electron chi connectivity index (χ0n) is 57.7. The van der Waals surface area contributed by atoms with E-state index in [0.717, 1.165) is 96.3 Å². The van der Waals surface area contributed by atoms with Gasteiger partial charge in [-0.05, 0) is 37.5 Å². The van der Waals surface area contributed by atoms with Crippen LogP contribution in [0.3, 0.4) is 0 Å². The van der Waals surface area contributed by atoms with Gasteiger partial charge in [0.1, 0.15) is 19.3 Å². The maximum atomic E-state index is 13.0. The van der Waals surface area contributed by atoms with Crippen LogP contribution in [0.25, 0.3) is 0 Å². The van der Waals surface area contributed by atoms with Crippen molar-refractivity contribution in [2.45, 2.75) is 374 Å². The Morgan fingerprint density at radius 1 is 0.303 bits per heavy atom. The van der Waals surface area contributed by atoms with Crippen LogP contribution in [0.1, 0.15) is 356 Å². The second-order valence-corrected chi connectivity index (χ2v) is 29.1. The molecule has 0 amide bonds. The Balaban J connectivity index is 5.16. The molecule has 0 aromatic rings. The molecule has 0 saturated heterocycles. The van der Waals surface area contributed by atoms with Crippen LogP contribution >= 0.6 is 15.6 Å². The minimum Gasteiger partial charge on any atom is -0.462 e. The van der Waals surface area contributed by atoms with Gasteiger partial charge in [0, 0.05) is 25.7 Å². The van der Waals surface area contributed by atoms with Crippen LogP contribution in [0, 0.1) is 11.8 Å². The Bertz CT molecular complexity index is 1730. The van der Waals surface area contributed by atoms with E-state index in [-0.39, 0.29) is 25.7 Å². The molecule has 3 N–H and O–H groups in total. The third-order valence-electron chi connectivity index (χ3n) is 16.2. The van der Waals surface area contributed by atoms with Gasteiger partial charge in [-0.15, -0.1) is 0 Å². The van der Waals surface area contributed by atoms with E-state index in [1.54, 1.807) is 0 Å². The van der Waals surface area contributed by atoms with Crippen molar-refractivity contribution in [2.75, 3.05) is 39.6 Å². The summed E-state index contributed by atoms with van der Waals surface area (Å²) in [5, 5.41) is 10.6. The fraction of sp³-hybridized carbons (Fsp3) is 0.943. The number of phosphoric ester groups is 2. The number of hydrogen-bond donors (Lipinski definition) is 3. The van der Waals surface area contributed by atoms with Crippen LogP contribution in [-0.2, 0) is 65.4 Å². The van der Waals surface area contributed by atoms with Crippen molar-refractivity contribution in [2.24, 2.45) is 11.8 Å². The number of unbranched alkanes of at least 4 members (excludes halogenated alkanes) is 39. The molecule has 0 heterocycles. The molecule has 0 radical (unpaired) electrons. The molecule has 0 rings (SSSR count). The molecule has 0 aromatic heterocycles. The Morgan fingerprint density at radius 2 is 0.517 bits per heavy atom. The number of aliphatic hydroxyl groups excluding tert-OH is 1. The van der Waals surface area contributed by atoms with Crippen LogP contribution in [-0.4, -0.2) is 96.7 Å². The molecule has 528 valence electrons. The molecule has 17 nitrogen and oxygen atoms in total. The first-order valence-electron chi connectivity index (χ1n) is 36.5. The molecule has 0 aromatic carbocycles. The third-order valence-corrected chi connectivity index (χ3v) is 18.1. The molecule has 0 aliphatic rings. The summed E-state index contributed by atoms with van der Waals surface area (Å²) in [4.78, 5) is 72.4. The van der Waals surface area contributed by atoms with Gasteiger partial charge in [-0.1, -0.05) is 305 Å². The van der Waals surface area contributed by atoms with Crippen LogP contribution in [0.4, 0.5) is 0 Å². The molecule has 0 fully saturated rings. The smallest absolute Gasteiger partial charge is 0.462 e. The SMILES string of the molecule is CCCCCCCCCCCCCCCCCCCCCCC(=O)O[C@H](COC(=O)CCCCCCCCCC(C)C)COP(=O)(O)OC[C@@H](O)COP(=O)(O)OC[C@@H](COC(=O)CCCCCCCCCCC)OC(=O)CCCCCCCCCC(C)C. The second kappa shape index (κ2) is 62.2. The van der Waals surface area contributed by atoms with Crippen molar-refractivity contribution in [3.8, 4) is 0 Å². The van der Waals surface area contributed by atoms with E-state index >= 15 is 0 Å². The zero-order valence-corrected chi connectivity index (χ0v) is 59.5. The van der Waals surface area contributed by atoms with E-state index in [2.05, 4.69) is 41.5 Å². The summed E-state index contributed by atoms with van der Waals surface area (Å²) < 4.78 is 68.2. The van der Waals surface area contributed by atoms with Crippen LogP contribution < -0.4 is 0 Å². The molecular weight excluding hydrogens is 1170 g/mol. The summed E-state index contributed by atoms with van der Waals surface area (Å²) in [5.74, 6) is -0.729. The summed E-state index contributed by atoms with van der Waals surface area (Å²) in [6.45, 7) is 9.41. The first-order chi connectivity index (χ1) is 42.9. The summed E-state index contributed by atoms with van der Waals surface area (Å²) in [6.07, 6.45) is 47.6. The maximum Gasteiger partial charge on any atom is 0.472 e. The Kier molecular flexibility index (Phi) is 60.8. The van der Waals surface area contributed by atoms with Gasteiger partial charge in [0.25, 0.3) is 0 Å². The van der Waals surface area contributed by atoms with Crippen molar-refractivity contribution >= 4 is 39.5 Å².